The topological polar surface area (TPSA) is 97.5 Å². The molecule has 9 nitrogen and oxygen atoms in total. The number of rotatable bonds is 4. The van der Waals surface area contributed by atoms with Gasteiger partial charge in [0.2, 0.25) is 11.6 Å². The molecule has 1 aliphatic heterocycles. The molecular weight excluding hydrogens is 491 g/mol. The molecular formula is C25H24F3N5O4. The lowest BCUT2D eigenvalue weighted by atomic mass is 10.1. The molecule has 0 spiro atoms. The standard InChI is InChI=1S/C25H24F3N5O4/c1-16-4-3-5-20(14-16)33-24(37)32(15-18-6-8-19(9-7-18)25(26,27)28)23(36)21(29-33)22(35)31-12-10-30(11-13-31)17(2)34/h3-9,14H,10-13,15H2,1-2H3. The van der Waals surface area contributed by atoms with Crippen LogP contribution in [-0.4, -0.2) is 62.1 Å². The van der Waals surface area contributed by atoms with E-state index < -0.39 is 34.6 Å². The molecule has 2 heterocycles. The first kappa shape index (κ1) is 25.9. The zero-order valence-corrected chi connectivity index (χ0v) is 20.2. The molecule has 0 unspecified atom stereocenters. The van der Waals surface area contributed by atoms with E-state index in [-0.39, 0.29) is 31.1 Å². The lowest BCUT2D eigenvalue weighted by Crippen LogP contribution is -2.52. The minimum Gasteiger partial charge on any atom is -0.339 e. The van der Waals surface area contributed by atoms with Gasteiger partial charge in [0, 0.05) is 33.1 Å². The van der Waals surface area contributed by atoms with Gasteiger partial charge < -0.3 is 9.80 Å². The quantitative estimate of drug-likeness (QED) is 0.530. The Morgan fingerprint density at radius 2 is 1.57 bits per heavy atom. The Hall–Kier alpha value is -4.22. The summed E-state index contributed by atoms with van der Waals surface area (Å²) in [7, 11) is 0. The number of hydrogen-bond acceptors (Lipinski definition) is 5. The highest BCUT2D eigenvalue weighted by Crippen LogP contribution is 2.29. The number of carbonyl (C=O) groups excluding carboxylic acids is 2. The summed E-state index contributed by atoms with van der Waals surface area (Å²) in [6.07, 6.45) is -4.53. The molecule has 1 aliphatic rings. The lowest BCUT2D eigenvalue weighted by molar-refractivity contribution is -0.137. The third-order valence-electron chi connectivity index (χ3n) is 6.14. The fraction of sp³-hybridized carbons (Fsp3) is 0.320. The van der Waals surface area contributed by atoms with Crippen LogP contribution in [0.4, 0.5) is 13.2 Å². The molecule has 0 saturated carbocycles. The number of aryl methyl sites for hydroxylation is 1. The number of benzene rings is 2. The third-order valence-corrected chi connectivity index (χ3v) is 6.14. The Kier molecular flexibility index (Phi) is 7.01. The van der Waals surface area contributed by atoms with E-state index in [1.54, 1.807) is 36.1 Å². The SMILES string of the molecule is CC(=O)N1CCN(C(=O)c2nn(-c3cccc(C)c3)c(=O)n(Cc3ccc(C(F)(F)F)cc3)c2=O)CC1. The highest BCUT2D eigenvalue weighted by atomic mass is 19.4. The highest BCUT2D eigenvalue weighted by molar-refractivity contribution is 5.92. The Morgan fingerprint density at radius 3 is 2.14 bits per heavy atom. The molecule has 0 bridgehead atoms. The van der Waals surface area contributed by atoms with Crippen LogP contribution in [0.2, 0.25) is 0 Å². The summed E-state index contributed by atoms with van der Waals surface area (Å²) in [5.74, 6) is -0.826. The Balaban J connectivity index is 1.77. The summed E-state index contributed by atoms with van der Waals surface area (Å²) in [6.45, 7) is 3.81. The summed E-state index contributed by atoms with van der Waals surface area (Å²) < 4.78 is 40.6. The van der Waals surface area contributed by atoms with Gasteiger partial charge >= 0.3 is 11.9 Å². The number of amides is 2. The van der Waals surface area contributed by atoms with E-state index >= 15 is 0 Å². The molecule has 3 aromatic rings. The summed E-state index contributed by atoms with van der Waals surface area (Å²) in [6, 6.07) is 10.8. The van der Waals surface area contributed by atoms with Crippen LogP contribution in [0.25, 0.3) is 5.69 Å². The van der Waals surface area contributed by atoms with Crippen molar-refractivity contribution in [3.8, 4) is 5.69 Å². The van der Waals surface area contributed by atoms with Gasteiger partial charge in [-0.25, -0.2) is 4.79 Å². The van der Waals surface area contributed by atoms with Crippen molar-refractivity contribution in [3.63, 3.8) is 0 Å². The first-order valence-corrected chi connectivity index (χ1v) is 11.5. The average molecular weight is 515 g/mol. The van der Waals surface area contributed by atoms with Crippen molar-refractivity contribution in [2.45, 2.75) is 26.6 Å². The fourth-order valence-electron chi connectivity index (χ4n) is 4.07. The first-order chi connectivity index (χ1) is 17.5. The van der Waals surface area contributed by atoms with Crippen molar-refractivity contribution in [2.24, 2.45) is 0 Å². The van der Waals surface area contributed by atoms with Crippen molar-refractivity contribution in [1.29, 1.82) is 0 Å². The van der Waals surface area contributed by atoms with E-state index in [1.807, 2.05) is 0 Å². The van der Waals surface area contributed by atoms with E-state index in [0.29, 0.717) is 18.8 Å². The number of halogens is 3. The second-order valence-electron chi connectivity index (χ2n) is 8.77. The van der Waals surface area contributed by atoms with Gasteiger partial charge in [0.1, 0.15) is 0 Å². The van der Waals surface area contributed by atoms with Crippen LogP contribution in [0.3, 0.4) is 0 Å². The Morgan fingerprint density at radius 1 is 0.946 bits per heavy atom. The van der Waals surface area contributed by atoms with Crippen molar-refractivity contribution >= 4 is 11.8 Å². The van der Waals surface area contributed by atoms with Crippen LogP contribution < -0.4 is 11.2 Å². The zero-order valence-electron chi connectivity index (χ0n) is 20.2. The average Bonchev–Trinajstić information content (AvgIpc) is 2.86. The summed E-state index contributed by atoms with van der Waals surface area (Å²) in [4.78, 5) is 54.5. The van der Waals surface area contributed by atoms with E-state index in [2.05, 4.69) is 5.10 Å². The van der Waals surface area contributed by atoms with Crippen LogP contribution in [0.15, 0.2) is 58.1 Å². The molecule has 2 aromatic carbocycles. The maximum atomic E-state index is 13.3. The van der Waals surface area contributed by atoms with E-state index in [4.69, 9.17) is 0 Å². The van der Waals surface area contributed by atoms with Gasteiger partial charge in [-0.3, -0.25) is 19.0 Å². The van der Waals surface area contributed by atoms with Gasteiger partial charge in [-0.05, 0) is 42.3 Å². The van der Waals surface area contributed by atoms with Crippen molar-refractivity contribution in [3.05, 3.63) is 91.8 Å². The smallest absolute Gasteiger partial charge is 0.339 e. The summed E-state index contributed by atoms with van der Waals surface area (Å²) in [5.41, 5.74) is -1.76. The van der Waals surface area contributed by atoms with Gasteiger partial charge in [-0.15, -0.1) is 0 Å². The molecule has 1 fully saturated rings. The number of piperazine rings is 1. The van der Waals surface area contributed by atoms with Crippen LogP contribution in [0, 0.1) is 6.92 Å². The lowest BCUT2D eigenvalue weighted by Gasteiger charge is -2.33. The predicted octanol–water partition coefficient (Wildman–Crippen LogP) is 2.07. The molecule has 1 saturated heterocycles. The van der Waals surface area contributed by atoms with Gasteiger partial charge in [0.15, 0.2) is 0 Å². The molecule has 0 radical (unpaired) electrons. The molecule has 12 heteroatoms. The maximum Gasteiger partial charge on any atom is 0.416 e. The molecule has 4 rings (SSSR count). The van der Waals surface area contributed by atoms with Crippen molar-refractivity contribution < 1.29 is 22.8 Å². The normalized spacial score (nSPS) is 14.1. The molecule has 0 atom stereocenters. The number of alkyl halides is 3. The first-order valence-electron chi connectivity index (χ1n) is 11.5. The number of nitrogens with zero attached hydrogens (tertiary/aromatic N) is 5. The third kappa shape index (κ3) is 5.47. The molecule has 194 valence electrons. The monoisotopic (exact) mass is 515 g/mol. The second-order valence-corrected chi connectivity index (χ2v) is 8.77. The molecule has 0 aliphatic carbocycles. The zero-order chi connectivity index (χ0) is 26.9. The van der Waals surface area contributed by atoms with Crippen LogP contribution in [-0.2, 0) is 17.5 Å². The molecule has 37 heavy (non-hydrogen) atoms. The Labute approximate surface area is 209 Å². The van der Waals surface area contributed by atoms with E-state index in [1.165, 1.54) is 24.0 Å². The Bertz CT molecular complexity index is 1450. The van der Waals surface area contributed by atoms with Gasteiger partial charge in [0.05, 0.1) is 17.8 Å². The second kappa shape index (κ2) is 10.0. The predicted molar refractivity (Wildman–Crippen MR) is 128 cm³/mol. The van der Waals surface area contributed by atoms with Crippen LogP contribution in [0.1, 0.15) is 34.1 Å². The van der Waals surface area contributed by atoms with Gasteiger partial charge in [-0.1, -0.05) is 24.3 Å². The minimum atomic E-state index is -4.53. The number of hydrogen-bond donors (Lipinski definition) is 0. The summed E-state index contributed by atoms with van der Waals surface area (Å²) in [5, 5.41) is 4.11. The van der Waals surface area contributed by atoms with E-state index in [0.717, 1.165) is 26.9 Å². The molecule has 2 amide bonds. The maximum absolute atomic E-state index is 13.3. The van der Waals surface area contributed by atoms with Crippen LogP contribution in [0.5, 0.6) is 0 Å². The largest absolute Gasteiger partial charge is 0.416 e. The van der Waals surface area contributed by atoms with Gasteiger partial charge in [0.25, 0.3) is 11.5 Å². The highest BCUT2D eigenvalue weighted by Gasteiger charge is 2.31. The van der Waals surface area contributed by atoms with Gasteiger partial charge in [-0.2, -0.15) is 23.0 Å². The minimum absolute atomic E-state index is 0.128. The fourth-order valence-corrected chi connectivity index (χ4v) is 4.07. The summed E-state index contributed by atoms with van der Waals surface area (Å²) >= 11 is 0. The number of aromatic nitrogens is 3. The van der Waals surface area contributed by atoms with Crippen molar-refractivity contribution in [2.75, 3.05) is 26.2 Å². The van der Waals surface area contributed by atoms with Crippen LogP contribution >= 0.6 is 0 Å². The van der Waals surface area contributed by atoms with E-state index in [9.17, 15) is 32.3 Å². The van der Waals surface area contributed by atoms with Crippen molar-refractivity contribution in [1.82, 2.24) is 24.1 Å². The number of carbonyl (C=O) groups is 2. The molecule has 1 aromatic heterocycles. The molecule has 0 N–H and O–H groups in total.